The lowest BCUT2D eigenvalue weighted by atomic mass is 9.93. The van der Waals surface area contributed by atoms with Gasteiger partial charge in [-0.15, -0.1) is 0 Å². The van der Waals surface area contributed by atoms with E-state index in [2.05, 4.69) is 10.6 Å². The normalized spacial score (nSPS) is 12.7. The van der Waals surface area contributed by atoms with Gasteiger partial charge in [0.05, 0.1) is 5.41 Å². The van der Waals surface area contributed by atoms with Gasteiger partial charge in [-0.05, 0) is 20.8 Å². The van der Waals surface area contributed by atoms with E-state index in [0.29, 0.717) is 0 Å². The highest BCUT2D eigenvalue weighted by molar-refractivity contribution is 5.83. The molecule has 0 unspecified atom stereocenters. The smallest absolute Gasteiger partial charge is 0.325 e. The van der Waals surface area contributed by atoms with E-state index in [9.17, 15) is 14.4 Å². The second kappa shape index (κ2) is 5.34. The number of carboxylic acid groups (broad SMARTS) is 1. The van der Waals surface area contributed by atoms with Crippen molar-refractivity contribution >= 4 is 17.9 Å². The summed E-state index contributed by atoms with van der Waals surface area (Å²) in [6, 6.07) is -1.64. The van der Waals surface area contributed by atoms with Gasteiger partial charge in [0.25, 0.3) is 0 Å². The largest absolute Gasteiger partial charge is 0.480 e. The third-order valence-corrected chi connectivity index (χ3v) is 2.08. The maximum Gasteiger partial charge on any atom is 0.325 e. The van der Waals surface area contributed by atoms with Gasteiger partial charge < -0.3 is 21.5 Å². The molecule has 0 aliphatic heterocycles. The maximum absolute atomic E-state index is 11.2. The molecule has 5 N–H and O–H groups in total. The lowest BCUT2D eigenvalue weighted by molar-refractivity contribution is -0.138. The van der Waals surface area contributed by atoms with E-state index in [1.807, 2.05) is 0 Å². The van der Waals surface area contributed by atoms with Gasteiger partial charge in [0.15, 0.2) is 0 Å². The van der Waals surface area contributed by atoms with E-state index < -0.39 is 29.4 Å². The van der Waals surface area contributed by atoms with E-state index in [4.69, 9.17) is 10.8 Å². The van der Waals surface area contributed by atoms with Gasteiger partial charge in [-0.1, -0.05) is 0 Å². The maximum atomic E-state index is 11.2. The Balaban J connectivity index is 4.09. The van der Waals surface area contributed by atoms with Crippen LogP contribution in [-0.4, -0.2) is 35.6 Å². The van der Waals surface area contributed by atoms with Crippen LogP contribution >= 0.6 is 0 Å². The zero-order chi connectivity index (χ0) is 12.9. The Morgan fingerprint density at radius 1 is 1.38 bits per heavy atom. The SMILES string of the molecule is C[C@H](NC(=O)NCC(C)(C)C(N)=O)C(=O)O. The van der Waals surface area contributed by atoms with E-state index in [1.54, 1.807) is 13.8 Å². The molecule has 3 amide bonds. The van der Waals surface area contributed by atoms with Crippen molar-refractivity contribution in [3.05, 3.63) is 0 Å². The summed E-state index contributed by atoms with van der Waals surface area (Å²) in [7, 11) is 0. The fourth-order valence-electron chi connectivity index (χ4n) is 0.698. The number of primary amides is 1. The van der Waals surface area contributed by atoms with E-state index in [-0.39, 0.29) is 6.54 Å². The Bertz CT molecular complexity index is 301. The Morgan fingerprint density at radius 2 is 1.88 bits per heavy atom. The van der Waals surface area contributed by atoms with Crippen LogP contribution in [0.4, 0.5) is 4.79 Å². The minimum Gasteiger partial charge on any atom is -0.480 e. The lowest BCUT2D eigenvalue weighted by Crippen LogP contribution is -2.49. The second-order valence-corrected chi connectivity index (χ2v) is 4.14. The molecule has 7 nitrogen and oxygen atoms in total. The van der Waals surface area contributed by atoms with Gasteiger partial charge in [0.2, 0.25) is 5.91 Å². The van der Waals surface area contributed by atoms with Crippen LogP contribution in [0.5, 0.6) is 0 Å². The predicted octanol–water partition coefficient (Wildman–Crippen LogP) is -0.730. The molecule has 0 aliphatic rings. The van der Waals surface area contributed by atoms with Crippen molar-refractivity contribution in [2.24, 2.45) is 11.1 Å². The first-order valence-corrected chi connectivity index (χ1v) is 4.74. The van der Waals surface area contributed by atoms with Crippen molar-refractivity contribution in [1.29, 1.82) is 0 Å². The van der Waals surface area contributed by atoms with E-state index >= 15 is 0 Å². The summed E-state index contributed by atoms with van der Waals surface area (Å²) >= 11 is 0. The second-order valence-electron chi connectivity index (χ2n) is 4.14. The Hall–Kier alpha value is -1.79. The number of amides is 3. The van der Waals surface area contributed by atoms with Crippen molar-refractivity contribution in [2.45, 2.75) is 26.8 Å². The van der Waals surface area contributed by atoms with Gasteiger partial charge in [-0.25, -0.2) is 4.79 Å². The Labute approximate surface area is 93.4 Å². The van der Waals surface area contributed by atoms with Crippen molar-refractivity contribution in [2.75, 3.05) is 6.54 Å². The summed E-state index contributed by atoms with van der Waals surface area (Å²) in [5.41, 5.74) is 4.23. The Morgan fingerprint density at radius 3 is 2.25 bits per heavy atom. The molecule has 0 heterocycles. The van der Waals surface area contributed by atoms with Gasteiger partial charge in [0, 0.05) is 6.54 Å². The van der Waals surface area contributed by atoms with Crippen LogP contribution < -0.4 is 16.4 Å². The molecule has 1 atom stereocenters. The van der Waals surface area contributed by atoms with Crippen LogP contribution in [0.25, 0.3) is 0 Å². The van der Waals surface area contributed by atoms with Crippen molar-refractivity contribution in [3.63, 3.8) is 0 Å². The summed E-state index contributed by atoms with van der Waals surface area (Å²) in [4.78, 5) is 32.5. The molecule has 0 rings (SSSR count). The number of hydrogen-bond donors (Lipinski definition) is 4. The molecule has 0 aromatic heterocycles. The van der Waals surface area contributed by atoms with Crippen molar-refractivity contribution in [1.82, 2.24) is 10.6 Å². The average Bonchev–Trinajstić information content (AvgIpc) is 2.14. The quantitative estimate of drug-likeness (QED) is 0.498. The fourth-order valence-corrected chi connectivity index (χ4v) is 0.698. The minimum absolute atomic E-state index is 0.0422. The minimum atomic E-state index is -1.13. The molecule has 0 fully saturated rings. The number of carbonyl (C=O) groups is 3. The first-order chi connectivity index (χ1) is 7.16. The summed E-state index contributed by atoms with van der Waals surface area (Å²) in [6.45, 7) is 4.54. The fraction of sp³-hybridized carbons (Fsp3) is 0.667. The third-order valence-electron chi connectivity index (χ3n) is 2.08. The molecule has 0 radical (unpaired) electrons. The molecule has 16 heavy (non-hydrogen) atoms. The van der Waals surface area contributed by atoms with Gasteiger partial charge >= 0.3 is 12.0 Å². The average molecular weight is 231 g/mol. The van der Waals surface area contributed by atoms with Crippen LogP contribution in [0.2, 0.25) is 0 Å². The summed E-state index contributed by atoms with van der Waals surface area (Å²) in [5.74, 6) is -1.68. The van der Waals surface area contributed by atoms with Crippen LogP contribution in [0.3, 0.4) is 0 Å². The zero-order valence-corrected chi connectivity index (χ0v) is 9.53. The zero-order valence-electron chi connectivity index (χ0n) is 9.53. The number of hydrogen-bond acceptors (Lipinski definition) is 3. The first kappa shape index (κ1) is 14.2. The number of nitrogens with two attached hydrogens (primary N) is 1. The molecule has 0 saturated heterocycles. The van der Waals surface area contributed by atoms with Crippen molar-refractivity contribution < 1.29 is 19.5 Å². The molecule has 0 aromatic rings. The summed E-state index contributed by atoms with van der Waals surface area (Å²) in [5, 5.41) is 13.1. The van der Waals surface area contributed by atoms with Gasteiger partial charge in [-0.2, -0.15) is 0 Å². The predicted molar refractivity (Wildman–Crippen MR) is 56.6 cm³/mol. The lowest BCUT2D eigenvalue weighted by Gasteiger charge is -2.21. The number of carboxylic acids is 1. The molecule has 0 bridgehead atoms. The standard InChI is InChI=1S/C9H17N3O4/c1-5(6(13)14)12-8(16)11-4-9(2,3)7(10)15/h5H,4H2,1-3H3,(H2,10,15)(H,13,14)(H2,11,12,16)/t5-/m0/s1. The molecule has 0 saturated carbocycles. The number of rotatable bonds is 5. The van der Waals surface area contributed by atoms with Crippen LogP contribution in [0, 0.1) is 5.41 Å². The molecular weight excluding hydrogens is 214 g/mol. The third kappa shape index (κ3) is 4.63. The molecule has 7 heteroatoms. The summed E-state index contributed by atoms with van der Waals surface area (Å²) < 4.78 is 0. The number of aliphatic carboxylic acids is 1. The van der Waals surface area contributed by atoms with E-state index in [1.165, 1.54) is 6.92 Å². The van der Waals surface area contributed by atoms with Crippen LogP contribution in [-0.2, 0) is 9.59 Å². The van der Waals surface area contributed by atoms with E-state index in [0.717, 1.165) is 0 Å². The number of nitrogens with one attached hydrogen (secondary N) is 2. The first-order valence-electron chi connectivity index (χ1n) is 4.74. The Kier molecular flexibility index (Phi) is 4.74. The number of carbonyl (C=O) groups excluding carboxylic acids is 2. The van der Waals surface area contributed by atoms with Crippen LogP contribution in [0.15, 0.2) is 0 Å². The molecule has 92 valence electrons. The van der Waals surface area contributed by atoms with Crippen LogP contribution in [0.1, 0.15) is 20.8 Å². The molecule has 0 spiro atoms. The molecule has 0 aromatic carbocycles. The molecular formula is C9H17N3O4. The van der Waals surface area contributed by atoms with Crippen molar-refractivity contribution in [3.8, 4) is 0 Å². The van der Waals surface area contributed by atoms with Gasteiger partial charge in [-0.3, -0.25) is 9.59 Å². The topological polar surface area (TPSA) is 122 Å². The highest BCUT2D eigenvalue weighted by Crippen LogP contribution is 2.11. The summed E-state index contributed by atoms with van der Waals surface area (Å²) in [6.07, 6.45) is 0. The highest BCUT2D eigenvalue weighted by Gasteiger charge is 2.25. The monoisotopic (exact) mass is 231 g/mol. The highest BCUT2D eigenvalue weighted by atomic mass is 16.4. The van der Waals surface area contributed by atoms with Gasteiger partial charge in [0.1, 0.15) is 6.04 Å². The molecule has 0 aliphatic carbocycles. The number of urea groups is 1.